The highest BCUT2D eigenvalue weighted by molar-refractivity contribution is 5.73. The van der Waals surface area contributed by atoms with E-state index < -0.39 is 155 Å². The summed E-state index contributed by atoms with van der Waals surface area (Å²) < 4.78 is 38.4. The number of hydrogen-bond donors (Lipinski definition) is 14. The second-order valence-electron chi connectivity index (χ2n) is 11.9. The summed E-state index contributed by atoms with van der Waals surface area (Å²) in [5, 5.41) is 135. The first-order valence-electron chi connectivity index (χ1n) is 15.1. The first-order chi connectivity index (χ1) is 22.6. The maximum atomic E-state index is 12.0. The lowest BCUT2D eigenvalue weighted by molar-refractivity contribution is -0.377. The lowest BCUT2D eigenvalue weighted by Crippen LogP contribution is -2.68. The lowest BCUT2D eigenvalue weighted by atomic mass is 9.95. The zero-order chi connectivity index (χ0) is 35.6. The Balaban J connectivity index is 1.50. The number of carbonyl (C=O) groups is 1. The van der Waals surface area contributed by atoms with Crippen LogP contribution in [0, 0.1) is 0 Å². The minimum absolute atomic E-state index is 0.628. The molecule has 0 radical (unpaired) electrons. The van der Waals surface area contributed by atoms with E-state index in [1.165, 1.54) is 0 Å². The van der Waals surface area contributed by atoms with E-state index in [0.29, 0.717) is 0 Å². The number of aliphatic hydroxyl groups excluding tert-OH is 13. The van der Waals surface area contributed by atoms with Gasteiger partial charge in [0.1, 0.15) is 97.6 Å². The van der Waals surface area contributed by atoms with Gasteiger partial charge >= 0.3 is 0 Å². The fourth-order valence-corrected chi connectivity index (χ4v) is 5.84. The zero-order valence-electron chi connectivity index (χ0n) is 25.5. The molecule has 0 aromatic carbocycles. The third kappa shape index (κ3) is 8.24. The predicted molar refractivity (Wildman–Crippen MR) is 145 cm³/mol. The summed E-state index contributed by atoms with van der Waals surface area (Å²) in [6.45, 7) is -2.10. The molecule has 22 nitrogen and oxygen atoms in total. The fourth-order valence-electron chi connectivity index (χ4n) is 5.84. The van der Waals surface area contributed by atoms with Crippen molar-refractivity contribution >= 4 is 5.91 Å². The molecule has 4 heterocycles. The first kappa shape index (κ1) is 39.5. The van der Waals surface area contributed by atoms with Crippen LogP contribution in [0.5, 0.6) is 0 Å². The number of amides is 1. The van der Waals surface area contributed by atoms with Gasteiger partial charge in [0.05, 0.1) is 26.4 Å². The number of aliphatic hydroxyl groups is 13. The summed E-state index contributed by atoms with van der Waals surface area (Å²) in [6.07, 6.45) is -33.1. The molecular formula is C26H45NO21. The number of carbonyl (C=O) groups excluding carboxylic acids is 1. The molecule has 4 aliphatic heterocycles. The van der Waals surface area contributed by atoms with Crippen LogP contribution in [0.15, 0.2) is 0 Å². The molecule has 0 aromatic rings. The van der Waals surface area contributed by atoms with E-state index >= 15 is 0 Å². The summed E-state index contributed by atoms with van der Waals surface area (Å²) in [4.78, 5) is 12.0. The Morgan fingerprint density at radius 2 is 1.04 bits per heavy atom. The second kappa shape index (κ2) is 16.8. The number of nitrogens with one attached hydrogen (secondary N) is 1. The van der Waals surface area contributed by atoms with Crippen molar-refractivity contribution in [3.8, 4) is 0 Å². The van der Waals surface area contributed by atoms with E-state index in [1.54, 1.807) is 0 Å². The van der Waals surface area contributed by atoms with Gasteiger partial charge in [-0.05, 0) is 0 Å². The Kier molecular flexibility index (Phi) is 13.8. The highest BCUT2D eigenvalue weighted by atomic mass is 16.8. The van der Waals surface area contributed by atoms with E-state index in [-0.39, 0.29) is 0 Å². The van der Waals surface area contributed by atoms with Gasteiger partial charge in [0.25, 0.3) is 0 Å². The molecule has 14 N–H and O–H groups in total. The molecule has 4 aliphatic rings. The van der Waals surface area contributed by atoms with E-state index in [0.717, 1.165) is 6.92 Å². The SMILES string of the molecule is CC(=O)N[C@H]1[C@H](OC[C@H]2OC(O)[C@H](O)[C@@H](O)[C@H]2O)O[C@H](CO)[C@@H](O[C@@H]2O[C@H](CO)[C@H](O)[C@H](O[C@H]3O[C@H](CO)[C@H](O)[C@H](O)[C@H]3O)[C@H]2O)[C@@H]1O. The Morgan fingerprint density at radius 3 is 1.62 bits per heavy atom. The van der Waals surface area contributed by atoms with E-state index in [2.05, 4.69) is 5.32 Å². The van der Waals surface area contributed by atoms with Crippen LogP contribution in [0.2, 0.25) is 0 Å². The molecule has 1 unspecified atom stereocenters. The smallest absolute Gasteiger partial charge is 0.217 e. The molecule has 0 bridgehead atoms. The third-order valence-electron chi connectivity index (χ3n) is 8.59. The van der Waals surface area contributed by atoms with Crippen LogP contribution in [-0.2, 0) is 38.0 Å². The zero-order valence-corrected chi connectivity index (χ0v) is 25.5. The Morgan fingerprint density at radius 1 is 0.542 bits per heavy atom. The number of hydrogen-bond acceptors (Lipinski definition) is 21. The van der Waals surface area contributed by atoms with Crippen LogP contribution in [0.1, 0.15) is 6.92 Å². The quantitative estimate of drug-likeness (QED) is 0.0947. The molecule has 0 spiro atoms. The normalized spacial score (nSPS) is 50.2. The van der Waals surface area contributed by atoms with Gasteiger partial charge in [0.2, 0.25) is 5.91 Å². The average molecular weight is 708 g/mol. The molecule has 22 heteroatoms. The van der Waals surface area contributed by atoms with Gasteiger partial charge in [0, 0.05) is 6.92 Å². The minimum Gasteiger partial charge on any atom is -0.394 e. The van der Waals surface area contributed by atoms with Crippen molar-refractivity contribution in [1.29, 1.82) is 0 Å². The monoisotopic (exact) mass is 707 g/mol. The summed E-state index contributed by atoms with van der Waals surface area (Å²) in [6, 6.07) is -1.49. The Bertz CT molecular complexity index is 1030. The van der Waals surface area contributed by atoms with E-state index in [4.69, 9.17) is 33.2 Å². The van der Waals surface area contributed by atoms with Crippen molar-refractivity contribution in [1.82, 2.24) is 5.32 Å². The molecule has 4 rings (SSSR count). The van der Waals surface area contributed by atoms with Crippen LogP contribution in [0.4, 0.5) is 0 Å². The van der Waals surface area contributed by atoms with Crippen LogP contribution >= 0.6 is 0 Å². The van der Waals surface area contributed by atoms with Gasteiger partial charge in [-0.25, -0.2) is 0 Å². The molecule has 20 atom stereocenters. The standard InChI is InChI=1S/C26H45NO21/c1-6(31)27-11-15(35)21(9(4-30)46-24(11)42-5-10-13(33)16(36)18(38)23(41)43-10)47-26-20(40)22(14(34)8(3-29)45-26)48-25-19(39)17(37)12(32)7(2-28)44-25/h7-26,28-30,32-41H,2-5H2,1H3,(H,27,31)/t7-,8-,9-,10-,11-,12+,13+,14+,15-,16+,17+,18-,19-,20-,21-,22+,23?,24-,25-,26+/m1/s1. The molecule has 4 saturated heterocycles. The molecule has 1 amide bonds. The van der Waals surface area contributed by atoms with Crippen molar-refractivity contribution in [2.45, 2.75) is 130 Å². The summed E-state index contributed by atoms with van der Waals surface area (Å²) >= 11 is 0. The molecule has 4 fully saturated rings. The van der Waals surface area contributed by atoms with Crippen molar-refractivity contribution < 1.29 is 104 Å². The largest absolute Gasteiger partial charge is 0.394 e. The van der Waals surface area contributed by atoms with Gasteiger partial charge in [-0.15, -0.1) is 0 Å². The second-order valence-corrected chi connectivity index (χ2v) is 11.9. The Hall–Kier alpha value is -1.33. The minimum atomic E-state index is -2.01. The molecule has 280 valence electrons. The van der Waals surface area contributed by atoms with E-state index in [9.17, 15) is 71.2 Å². The number of rotatable bonds is 11. The lowest BCUT2D eigenvalue weighted by Gasteiger charge is -2.49. The highest BCUT2D eigenvalue weighted by Gasteiger charge is 2.54. The van der Waals surface area contributed by atoms with Crippen molar-refractivity contribution in [2.24, 2.45) is 0 Å². The summed E-state index contributed by atoms with van der Waals surface area (Å²) in [5.74, 6) is -0.703. The molecular weight excluding hydrogens is 662 g/mol. The van der Waals surface area contributed by atoms with Crippen LogP contribution in [0.25, 0.3) is 0 Å². The first-order valence-corrected chi connectivity index (χ1v) is 15.1. The van der Waals surface area contributed by atoms with Crippen molar-refractivity contribution in [3.05, 3.63) is 0 Å². The maximum Gasteiger partial charge on any atom is 0.217 e. The maximum absolute atomic E-state index is 12.0. The van der Waals surface area contributed by atoms with Gasteiger partial charge in [-0.2, -0.15) is 0 Å². The topological polar surface area (TPSA) is 357 Å². The molecule has 48 heavy (non-hydrogen) atoms. The summed E-state index contributed by atoms with van der Waals surface area (Å²) in [5.41, 5.74) is 0. The van der Waals surface area contributed by atoms with Gasteiger partial charge in [0.15, 0.2) is 25.2 Å². The predicted octanol–water partition coefficient (Wildman–Crippen LogP) is -9.61. The highest BCUT2D eigenvalue weighted by Crippen LogP contribution is 2.33. The molecule has 0 aliphatic carbocycles. The number of ether oxygens (including phenoxy) is 7. The third-order valence-corrected chi connectivity index (χ3v) is 8.59. The summed E-state index contributed by atoms with van der Waals surface area (Å²) in [7, 11) is 0. The van der Waals surface area contributed by atoms with Gasteiger partial charge in [-0.1, -0.05) is 0 Å². The van der Waals surface area contributed by atoms with Crippen molar-refractivity contribution in [2.75, 3.05) is 26.4 Å². The van der Waals surface area contributed by atoms with Crippen LogP contribution < -0.4 is 5.32 Å². The van der Waals surface area contributed by atoms with Crippen LogP contribution in [0.3, 0.4) is 0 Å². The van der Waals surface area contributed by atoms with Crippen molar-refractivity contribution in [3.63, 3.8) is 0 Å². The molecule has 0 saturated carbocycles. The fraction of sp³-hybridized carbons (Fsp3) is 0.962. The van der Waals surface area contributed by atoms with Crippen LogP contribution in [-0.4, -0.2) is 221 Å². The molecule has 0 aromatic heterocycles. The van der Waals surface area contributed by atoms with Gasteiger partial charge in [-0.3, -0.25) is 4.79 Å². The average Bonchev–Trinajstić information content (AvgIpc) is 3.06. The van der Waals surface area contributed by atoms with Gasteiger partial charge < -0.3 is 105 Å². The Labute approximate surface area is 272 Å². The van der Waals surface area contributed by atoms with E-state index in [1.807, 2.05) is 0 Å².